The van der Waals surface area contributed by atoms with Crippen LogP contribution in [0.3, 0.4) is 0 Å². The van der Waals surface area contributed by atoms with E-state index in [4.69, 9.17) is 0 Å². The van der Waals surface area contributed by atoms with Gasteiger partial charge >= 0.3 is 0 Å². The van der Waals surface area contributed by atoms with Gasteiger partial charge in [-0.3, -0.25) is 14.3 Å². The Bertz CT molecular complexity index is 622. The molecule has 1 atom stereocenters. The third-order valence-corrected chi connectivity index (χ3v) is 4.75. The zero-order chi connectivity index (χ0) is 17.3. The van der Waals surface area contributed by atoms with E-state index in [1.165, 1.54) is 0 Å². The Morgan fingerprint density at radius 2 is 2.04 bits per heavy atom. The SMILES string of the molecule is Cc1cc(NCCNC(=O)C2CC(=O)N(C3CN(C)C3)C2)n(C)n1. The highest BCUT2D eigenvalue weighted by molar-refractivity contribution is 5.89. The van der Waals surface area contributed by atoms with Crippen LogP contribution in [0.4, 0.5) is 5.82 Å². The van der Waals surface area contributed by atoms with Crippen LogP contribution in [0.25, 0.3) is 0 Å². The zero-order valence-corrected chi connectivity index (χ0v) is 14.6. The smallest absolute Gasteiger partial charge is 0.225 e. The van der Waals surface area contributed by atoms with Gasteiger partial charge in [0, 0.05) is 52.3 Å². The standard InChI is InChI=1S/C16H26N6O2/c1-11-6-14(21(3)19-11)17-4-5-18-16(24)12-7-15(23)22(8-12)13-9-20(2)10-13/h6,12-13,17H,4-5,7-10H2,1-3H3,(H,18,24). The topological polar surface area (TPSA) is 82.5 Å². The summed E-state index contributed by atoms with van der Waals surface area (Å²) in [6.07, 6.45) is 0.334. The van der Waals surface area contributed by atoms with Crippen molar-refractivity contribution in [2.75, 3.05) is 45.1 Å². The van der Waals surface area contributed by atoms with Crippen LogP contribution in [0.2, 0.25) is 0 Å². The van der Waals surface area contributed by atoms with Crippen molar-refractivity contribution < 1.29 is 9.59 Å². The summed E-state index contributed by atoms with van der Waals surface area (Å²) in [5.74, 6) is 0.790. The molecule has 8 heteroatoms. The van der Waals surface area contributed by atoms with Gasteiger partial charge in [-0.25, -0.2) is 0 Å². The molecule has 132 valence electrons. The molecule has 1 unspecified atom stereocenters. The largest absolute Gasteiger partial charge is 0.369 e. The number of likely N-dealkylation sites (N-methyl/N-ethyl adjacent to an activating group) is 1. The van der Waals surface area contributed by atoms with Crippen LogP contribution in [0.5, 0.6) is 0 Å². The predicted molar refractivity (Wildman–Crippen MR) is 90.5 cm³/mol. The first-order chi connectivity index (χ1) is 11.4. The second kappa shape index (κ2) is 6.80. The molecule has 2 amide bonds. The second-order valence-electron chi connectivity index (χ2n) is 6.83. The number of likely N-dealkylation sites (tertiary alicyclic amines) is 2. The van der Waals surface area contributed by atoms with Crippen LogP contribution >= 0.6 is 0 Å². The number of aromatic nitrogens is 2. The Hall–Kier alpha value is -2.09. The average Bonchev–Trinajstić information content (AvgIpc) is 3.02. The molecule has 2 aliphatic rings. The maximum Gasteiger partial charge on any atom is 0.225 e. The van der Waals surface area contributed by atoms with Crippen molar-refractivity contribution in [3.05, 3.63) is 11.8 Å². The minimum Gasteiger partial charge on any atom is -0.369 e. The summed E-state index contributed by atoms with van der Waals surface area (Å²) in [6.45, 7) is 5.47. The summed E-state index contributed by atoms with van der Waals surface area (Å²) in [5.41, 5.74) is 0.954. The first kappa shape index (κ1) is 16.8. The highest BCUT2D eigenvalue weighted by atomic mass is 16.2. The van der Waals surface area contributed by atoms with Gasteiger partial charge in [0.05, 0.1) is 17.7 Å². The van der Waals surface area contributed by atoms with E-state index in [1.54, 1.807) is 4.68 Å². The van der Waals surface area contributed by atoms with Crippen LogP contribution < -0.4 is 10.6 Å². The van der Waals surface area contributed by atoms with E-state index >= 15 is 0 Å². The molecule has 0 saturated carbocycles. The van der Waals surface area contributed by atoms with Crippen molar-refractivity contribution in [3.8, 4) is 0 Å². The number of anilines is 1. The normalized spacial score (nSPS) is 21.9. The summed E-state index contributed by atoms with van der Waals surface area (Å²) in [7, 11) is 3.92. The number of nitrogens with zero attached hydrogens (tertiary/aromatic N) is 4. The third kappa shape index (κ3) is 3.53. The lowest BCUT2D eigenvalue weighted by molar-refractivity contribution is -0.132. The molecule has 0 aliphatic carbocycles. The van der Waals surface area contributed by atoms with Crippen molar-refractivity contribution in [2.45, 2.75) is 19.4 Å². The van der Waals surface area contributed by atoms with Gasteiger partial charge in [0.15, 0.2) is 0 Å². The van der Waals surface area contributed by atoms with E-state index in [1.807, 2.05) is 32.0 Å². The number of carbonyl (C=O) groups is 2. The molecule has 0 aromatic carbocycles. The average molecular weight is 334 g/mol. The van der Waals surface area contributed by atoms with Crippen molar-refractivity contribution in [2.24, 2.45) is 13.0 Å². The Morgan fingerprint density at radius 3 is 2.67 bits per heavy atom. The van der Waals surface area contributed by atoms with Crippen molar-refractivity contribution in [1.29, 1.82) is 0 Å². The molecule has 1 aromatic heterocycles. The predicted octanol–water partition coefficient (Wildman–Crippen LogP) is -0.581. The fourth-order valence-corrected chi connectivity index (χ4v) is 3.42. The number of hydrogen-bond acceptors (Lipinski definition) is 5. The van der Waals surface area contributed by atoms with E-state index < -0.39 is 0 Å². The lowest BCUT2D eigenvalue weighted by Crippen LogP contribution is -2.58. The number of hydrogen-bond donors (Lipinski definition) is 2. The highest BCUT2D eigenvalue weighted by Crippen LogP contribution is 2.24. The molecular weight excluding hydrogens is 308 g/mol. The Kier molecular flexibility index (Phi) is 4.75. The molecule has 1 aromatic rings. The molecular formula is C16H26N6O2. The number of amides is 2. The van der Waals surface area contributed by atoms with E-state index in [2.05, 4.69) is 20.6 Å². The van der Waals surface area contributed by atoms with E-state index in [-0.39, 0.29) is 23.8 Å². The molecule has 24 heavy (non-hydrogen) atoms. The highest BCUT2D eigenvalue weighted by Gasteiger charge is 2.41. The minimum absolute atomic E-state index is 0.0264. The minimum atomic E-state index is -0.220. The number of aryl methyl sites for hydroxylation is 2. The second-order valence-corrected chi connectivity index (χ2v) is 6.83. The van der Waals surface area contributed by atoms with Gasteiger partial charge in [0.2, 0.25) is 11.8 Å². The fraction of sp³-hybridized carbons (Fsp3) is 0.688. The Labute approximate surface area is 142 Å². The van der Waals surface area contributed by atoms with Crippen molar-refractivity contribution >= 4 is 17.6 Å². The number of carbonyl (C=O) groups excluding carboxylic acids is 2. The number of rotatable bonds is 6. The van der Waals surface area contributed by atoms with E-state index in [9.17, 15) is 9.59 Å². The first-order valence-electron chi connectivity index (χ1n) is 8.44. The molecule has 3 heterocycles. The van der Waals surface area contributed by atoms with E-state index in [0.717, 1.165) is 24.6 Å². The zero-order valence-electron chi connectivity index (χ0n) is 14.6. The van der Waals surface area contributed by atoms with Gasteiger partial charge in [-0.2, -0.15) is 5.10 Å². The molecule has 0 spiro atoms. The lowest BCUT2D eigenvalue weighted by atomic mass is 10.1. The molecule has 2 aliphatic heterocycles. The lowest BCUT2D eigenvalue weighted by Gasteiger charge is -2.42. The molecule has 8 nitrogen and oxygen atoms in total. The van der Waals surface area contributed by atoms with Crippen LogP contribution in [-0.2, 0) is 16.6 Å². The summed E-state index contributed by atoms with van der Waals surface area (Å²) in [6, 6.07) is 2.25. The maximum absolute atomic E-state index is 12.3. The van der Waals surface area contributed by atoms with E-state index in [0.29, 0.717) is 26.1 Å². The third-order valence-electron chi connectivity index (χ3n) is 4.75. The van der Waals surface area contributed by atoms with Gasteiger partial charge in [0.1, 0.15) is 5.82 Å². The van der Waals surface area contributed by atoms with Crippen LogP contribution in [0.15, 0.2) is 6.07 Å². The van der Waals surface area contributed by atoms with Crippen LogP contribution in [-0.4, -0.2) is 77.2 Å². The molecule has 0 bridgehead atoms. The van der Waals surface area contributed by atoms with Crippen LogP contribution in [0, 0.1) is 12.8 Å². The molecule has 3 rings (SSSR count). The van der Waals surface area contributed by atoms with Gasteiger partial charge in [0.25, 0.3) is 0 Å². The van der Waals surface area contributed by atoms with Gasteiger partial charge < -0.3 is 20.4 Å². The molecule has 2 fully saturated rings. The van der Waals surface area contributed by atoms with Gasteiger partial charge in [-0.15, -0.1) is 0 Å². The summed E-state index contributed by atoms with van der Waals surface area (Å²) >= 11 is 0. The van der Waals surface area contributed by atoms with Crippen LogP contribution in [0.1, 0.15) is 12.1 Å². The van der Waals surface area contributed by atoms with Gasteiger partial charge in [-0.1, -0.05) is 0 Å². The van der Waals surface area contributed by atoms with Crippen molar-refractivity contribution in [3.63, 3.8) is 0 Å². The summed E-state index contributed by atoms with van der Waals surface area (Å²) < 4.78 is 1.78. The molecule has 2 saturated heterocycles. The number of nitrogens with one attached hydrogen (secondary N) is 2. The Balaban J connectivity index is 1.39. The molecule has 2 N–H and O–H groups in total. The first-order valence-corrected chi connectivity index (χ1v) is 8.44. The quantitative estimate of drug-likeness (QED) is 0.680. The molecule has 0 radical (unpaired) electrons. The Morgan fingerprint density at radius 1 is 1.29 bits per heavy atom. The summed E-state index contributed by atoms with van der Waals surface area (Å²) in [5, 5.41) is 10.4. The van der Waals surface area contributed by atoms with Crippen molar-refractivity contribution in [1.82, 2.24) is 24.9 Å². The summed E-state index contributed by atoms with van der Waals surface area (Å²) in [4.78, 5) is 28.4. The van der Waals surface area contributed by atoms with Gasteiger partial charge in [-0.05, 0) is 14.0 Å². The maximum atomic E-state index is 12.3. The fourth-order valence-electron chi connectivity index (χ4n) is 3.42. The monoisotopic (exact) mass is 334 g/mol.